The van der Waals surface area contributed by atoms with Crippen LogP contribution in [0.5, 0.6) is 0 Å². The summed E-state index contributed by atoms with van der Waals surface area (Å²) in [4.78, 5) is 2.51. The van der Waals surface area contributed by atoms with Gasteiger partial charge in [0.05, 0.1) is 6.61 Å². The molecule has 2 rings (SSSR count). The van der Waals surface area contributed by atoms with Crippen LogP contribution in [-0.4, -0.2) is 34.7 Å². The summed E-state index contributed by atoms with van der Waals surface area (Å²) >= 11 is 0. The Balaban J connectivity index is 2.18. The van der Waals surface area contributed by atoms with E-state index in [1.807, 2.05) is 0 Å². The van der Waals surface area contributed by atoms with E-state index in [0.29, 0.717) is 12.6 Å². The van der Waals surface area contributed by atoms with Gasteiger partial charge in [-0.1, -0.05) is 0 Å². The first-order chi connectivity index (χ1) is 5.28. The van der Waals surface area contributed by atoms with Crippen LogP contribution < -0.4 is 0 Å². The molecule has 2 atom stereocenters. The Labute approximate surface area is 68.2 Å². The van der Waals surface area contributed by atoms with E-state index >= 15 is 0 Å². The normalized spacial score (nSPS) is 44.7. The molecule has 2 saturated heterocycles. The number of hydrogen-bond acceptors (Lipinski definition) is 2. The molecular weight excluding hydrogens is 138 g/mol. The third-order valence-corrected chi connectivity index (χ3v) is 3.50. The Morgan fingerprint density at radius 1 is 1.55 bits per heavy atom. The predicted molar refractivity (Wildman–Crippen MR) is 44.5 cm³/mol. The van der Waals surface area contributed by atoms with Gasteiger partial charge in [0.2, 0.25) is 0 Å². The van der Waals surface area contributed by atoms with Crippen LogP contribution in [0.4, 0.5) is 0 Å². The number of fused-ring (bicyclic) bond motifs is 1. The molecule has 0 radical (unpaired) electrons. The maximum atomic E-state index is 9.30. The Morgan fingerprint density at radius 2 is 2.36 bits per heavy atom. The van der Waals surface area contributed by atoms with Gasteiger partial charge in [-0.05, 0) is 39.2 Å². The number of nitrogens with zero attached hydrogens (tertiary/aromatic N) is 1. The van der Waals surface area contributed by atoms with E-state index in [-0.39, 0.29) is 5.54 Å². The second-order valence-electron chi connectivity index (χ2n) is 4.07. The molecule has 0 aromatic rings. The molecule has 0 aromatic heterocycles. The van der Waals surface area contributed by atoms with Crippen LogP contribution in [0.2, 0.25) is 0 Å². The molecule has 0 spiro atoms. The second kappa shape index (κ2) is 2.46. The van der Waals surface area contributed by atoms with Crippen LogP contribution in [0.25, 0.3) is 0 Å². The van der Waals surface area contributed by atoms with Crippen molar-refractivity contribution in [2.24, 2.45) is 0 Å². The van der Waals surface area contributed by atoms with Gasteiger partial charge in [-0.15, -0.1) is 0 Å². The molecule has 2 aliphatic heterocycles. The topological polar surface area (TPSA) is 23.5 Å². The summed E-state index contributed by atoms with van der Waals surface area (Å²) in [5, 5.41) is 9.30. The summed E-state index contributed by atoms with van der Waals surface area (Å²) < 4.78 is 0. The quantitative estimate of drug-likeness (QED) is 0.610. The Kier molecular flexibility index (Phi) is 1.69. The molecule has 0 aromatic carbocycles. The first-order valence-corrected chi connectivity index (χ1v) is 4.66. The number of rotatable bonds is 1. The Hall–Kier alpha value is -0.0800. The maximum absolute atomic E-state index is 9.30. The highest BCUT2D eigenvalue weighted by Gasteiger charge is 2.46. The molecule has 0 saturated carbocycles. The summed E-state index contributed by atoms with van der Waals surface area (Å²) in [6.07, 6.45) is 4.99. The molecule has 64 valence electrons. The van der Waals surface area contributed by atoms with Crippen molar-refractivity contribution in [1.82, 2.24) is 4.90 Å². The van der Waals surface area contributed by atoms with Crippen LogP contribution >= 0.6 is 0 Å². The standard InChI is InChI=1S/C9H17NO/c1-8-3-5-9(7-11)4-2-6-10(8)9/h8,11H,2-7H2,1H3. The van der Waals surface area contributed by atoms with Crippen LogP contribution in [0.3, 0.4) is 0 Å². The van der Waals surface area contributed by atoms with Crippen molar-refractivity contribution in [2.45, 2.75) is 44.2 Å². The molecule has 2 fully saturated rings. The third-order valence-electron chi connectivity index (χ3n) is 3.50. The van der Waals surface area contributed by atoms with Crippen molar-refractivity contribution < 1.29 is 5.11 Å². The fourth-order valence-electron chi connectivity index (χ4n) is 2.80. The highest BCUT2D eigenvalue weighted by molar-refractivity contribution is 5.02. The van der Waals surface area contributed by atoms with Crippen molar-refractivity contribution in [1.29, 1.82) is 0 Å². The molecule has 0 amide bonds. The van der Waals surface area contributed by atoms with Crippen molar-refractivity contribution >= 4 is 0 Å². The summed E-state index contributed by atoms with van der Waals surface area (Å²) in [7, 11) is 0. The van der Waals surface area contributed by atoms with Crippen molar-refractivity contribution in [3.05, 3.63) is 0 Å². The second-order valence-corrected chi connectivity index (χ2v) is 4.07. The average Bonchev–Trinajstić information content (AvgIpc) is 2.53. The van der Waals surface area contributed by atoms with Gasteiger partial charge in [-0.25, -0.2) is 0 Å². The predicted octanol–water partition coefficient (Wildman–Crippen LogP) is 0.996. The molecular formula is C9H17NO. The minimum absolute atomic E-state index is 0.208. The summed E-state index contributed by atoms with van der Waals surface area (Å²) in [5.41, 5.74) is 0.208. The van der Waals surface area contributed by atoms with E-state index in [4.69, 9.17) is 0 Å². The van der Waals surface area contributed by atoms with Gasteiger partial charge in [0.15, 0.2) is 0 Å². The highest BCUT2D eigenvalue weighted by Crippen LogP contribution is 2.41. The van der Waals surface area contributed by atoms with E-state index < -0.39 is 0 Å². The van der Waals surface area contributed by atoms with Gasteiger partial charge >= 0.3 is 0 Å². The average molecular weight is 155 g/mol. The lowest BCUT2D eigenvalue weighted by Gasteiger charge is -2.31. The van der Waals surface area contributed by atoms with Crippen molar-refractivity contribution in [2.75, 3.05) is 13.2 Å². The lowest BCUT2D eigenvalue weighted by Crippen LogP contribution is -2.44. The largest absolute Gasteiger partial charge is 0.394 e. The lowest BCUT2D eigenvalue weighted by atomic mass is 9.95. The Bertz CT molecular complexity index is 160. The number of aliphatic hydroxyl groups is 1. The fourth-order valence-corrected chi connectivity index (χ4v) is 2.80. The van der Waals surface area contributed by atoms with Crippen molar-refractivity contribution in [3.63, 3.8) is 0 Å². The lowest BCUT2D eigenvalue weighted by molar-refractivity contribution is 0.0818. The van der Waals surface area contributed by atoms with Gasteiger partial charge in [0.25, 0.3) is 0 Å². The zero-order chi connectivity index (χ0) is 7.90. The minimum Gasteiger partial charge on any atom is -0.394 e. The van der Waals surface area contributed by atoms with E-state index in [1.165, 1.54) is 32.2 Å². The number of aliphatic hydroxyl groups excluding tert-OH is 1. The van der Waals surface area contributed by atoms with E-state index in [9.17, 15) is 5.11 Å². The minimum atomic E-state index is 0.208. The highest BCUT2D eigenvalue weighted by atomic mass is 16.3. The molecule has 2 heterocycles. The van der Waals surface area contributed by atoms with Gasteiger partial charge < -0.3 is 5.11 Å². The van der Waals surface area contributed by atoms with Gasteiger partial charge in [0.1, 0.15) is 0 Å². The maximum Gasteiger partial charge on any atom is 0.0615 e. The molecule has 11 heavy (non-hydrogen) atoms. The molecule has 2 unspecified atom stereocenters. The van der Waals surface area contributed by atoms with Gasteiger partial charge in [-0.2, -0.15) is 0 Å². The molecule has 1 N–H and O–H groups in total. The van der Waals surface area contributed by atoms with Gasteiger partial charge in [0, 0.05) is 11.6 Å². The summed E-state index contributed by atoms with van der Waals surface area (Å²) in [5.74, 6) is 0. The number of hydrogen-bond donors (Lipinski definition) is 1. The first-order valence-electron chi connectivity index (χ1n) is 4.66. The fraction of sp³-hybridized carbons (Fsp3) is 1.00. The van der Waals surface area contributed by atoms with Crippen LogP contribution in [0.15, 0.2) is 0 Å². The molecule has 2 heteroatoms. The zero-order valence-electron chi connectivity index (χ0n) is 7.21. The SMILES string of the molecule is CC1CCC2(CO)CCCN12. The summed E-state index contributed by atoms with van der Waals surface area (Å²) in [6, 6.07) is 0.713. The van der Waals surface area contributed by atoms with Crippen LogP contribution in [-0.2, 0) is 0 Å². The molecule has 0 bridgehead atoms. The summed E-state index contributed by atoms with van der Waals surface area (Å²) in [6.45, 7) is 3.86. The smallest absolute Gasteiger partial charge is 0.0615 e. The first kappa shape index (κ1) is 7.56. The van der Waals surface area contributed by atoms with E-state index in [2.05, 4.69) is 11.8 Å². The van der Waals surface area contributed by atoms with Crippen LogP contribution in [0.1, 0.15) is 32.6 Å². The molecule has 2 aliphatic rings. The zero-order valence-corrected chi connectivity index (χ0v) is 7.21. The van der Waals surface area contributed by atoms with Crippen molar-refractivity contribution in [3.8, 4) is 0 Å². The Morgan fingerprint density at radius 3 is 3.00 bits per heavy atom. The molecule has 2 nitrogen and oxygen atoms in total. The monoisotopic (exact) mass is 155 g/mol. The molecule has 0 aliphatic carbocycles. The van der Waals surface area contributed by atoms with E-state index in [0.717, 1.165) is 0 Å². The van der Waals surface area contributed by atoms with Crippen LogP contribution in [0, 0.1) is 0 Å². The van der Waals surface area contributed by atoms with Gasteiger partial charge in [-0.3, -0.25) is 4.90 Å². The third kappa shape index (κ3) is 0.926. The van der Waals surface area contributed by atoms with E-state index in [1.54, 1.807) is 0 Å².